The Kier molecular flexibility index (Phi) is 8.93. The van der Waals surface area contributed by atoms with Crippen molar-refractivity contribution in [1.82, 2.24) is 25.4 Å². The lowest BCUT2D eigenvalue weighted by Crippen LogP contribution is -2.37. The number of aromatic nitrogens is 3. The van der Waals surface area contributed by atoms with Crippen molar-refractivity contribution in [3.63, 3.8) is 0 Å². The number of aryl methyl sites for hydroxylation is 1. The fourth-order valence-corrected chi connectivity index (χ4v) is 2.85. The Labute approximate surface area is 183 Å². The summed E-state index contributed by atoms with van der Waals surface area (Å²) in [4.78, 5) is 9.07. The molecule has 28 heavy (non-hydrogen) atoms. The van der Waals surface area contributed by atoms with Gasteiger partial charge in [0.15, 0.2) is 11.8 Å². The largest absolute Gasteiger partial charge is 0.357 e. The Balaban J connectivity index is 0.00000280. The highest BCUT2D eigenvalue weighted by molar-refractivity contribution is 14.0. The van der Waals surface area contributed by atoms with Crippen LogP contribution in [0.15, 0.2) is 66.0 Å². The van der Waals surface area contributed by atoms with E-state index in [9.17, 15) is 0 Å². The normalized spacial score (nSPS) is 11.0. The lowest BCUT2D eigenvalue weighted by atomic mass is 10.1. The van der Waals surface area contributed by atoms with Gasteiger partial charge < -0.3 is 10.6 Å². The summed E-state index contributed by atoms with van der Waals surface area (Å²) >= 11 is 0. The highest BCUT2D eigenvalue weighted by atomic mass is 127. The molecular weight excluding hydrogens is 463 g/mol. The number of nitrogens with one attached hydrogen (secondary N) is 2. The predicted molar refractivity (Wildman–Crippen MR) is 124 cm³/mol. The molecule has 3 rings (SSSR count). The number of hydrogen-bond acceptors (Lipinski definition) is 3. The van der Waals surface area contributed by atoms with Crippen LogP contribution < -0.4 is 10.6 Å². The first-order chi connectivity index (χ1) is 13.3. The topological polar surface area (TPSA) is 67.1 Å². The maximum absolute atomic E-state index is 4.71. The van der Waals surface area contributed by atoms with E-state index in [1.807, 2.05) is 24.4 Å². The highest BCUT2D eigenvalue weighted by Crippen LogP contribution is 2.09. The molecule has 0 radical (unpaired) electrons. The van der Waals surface area contributed by atoms with Gasteiger partial charge in [-0.1, -0.05) is 31.2 Å². The molecule has 0 saturated carbocycles. The Morgan fingerprint density at radius 3 is 2.57 bits per heavy atom. The van der Waals surface area contributed by atoms with E-state index in [2.05, 4.69) is 58.8 Å². The van der Waals surface area contributed by atoms with Crippen LogP contribution in [-0.4, -0.2) is 27.3 Å². The van der Waals surface area contributed by atoms with E-state index >= 15 is 0 Å². The summed E-state index contributed by atoms with van der Waals surface area (Å²) in [7, 11) is 0. The molecule has 0 spiro atoms. The molecule has 0 aliphatic heterocycles. The van der Waals surface area contributed by atoms with Crippen LogP contribution in [0.2, 0.25) is 0 Å². The van der Waals surface area contributed by atoms with Gasteiger partial charge in [-0.2, -0.15) is 5.10 Å². The first kappa shape index (κ1) is 21.9. The van der Waals surface area contributed by atoms with E-state index < -0.39 is 0 Å². The molecule has 2 aromatic heterocycles. The van der Waals surface area contributed by atoms with Crippen molar-refractivity contribution in [2.75, 3.05) is 6.54 Å². The number of pyridine rings is 1. The van der Waals surface area contributed by atoms with Crippen LogP contribution in [0.4, 0.5) is 0 Å². The average molecular weight is 490 g/mol. The summed E-state index contributed by atoms with van der Waals surface area (Å²) in [5.41, 5.74) is 3.75. The van der Waals surface area contributed by atoms with Crippen LogP contribution >= 0.6 is 24.0 Å². The van der Waals surface area contributed by atoms with Crippen LogP contribution in [0.3, 0.4) is 0 Å². The molecule has 2 heterocycles. The molecule has 0 aliphatic rings. The van der Waals surface area contributed by atoms with Crippen LogP contribution in [0, 0.1) is 0 Å². The molecule has 0 atom stereocenters. The van der Waals surface area contributed by atoms with Crippen LogP contribution in [0.5, 0.6) is 0 Å². The number of guanidine groups is 1. The number of aliphatic imine (C=N–C) groups is 1. The summed E-state index contributed by atoms with van der Waals surface area (Å²) in [6, 6.07) is 14.4. The predicted octanol–water partition coefficient (Wildman–Crippen LogP) is 3.70. The number of hydrogen-bond donors (Lipinski definition) is 2. The van der Waals surface area contributed by atoms with Gasteiger partial charge in [0.2, 0.25) is 0 Å². The maximum Gasteiger partial charge on any atom is 0.191 e. The smallest absolute Gasteiger partial charge is 0.191 e. The molecule has 3 aromatic rings. The fourth-order valence-electron chi connectivity index (χ4n) is 2.85. The summed E-state index contributed by atoms with van der Waals surface area (Å²) in [5, 5.41) is 11.0. The van der Waals surface area contributed by atoms with Crippen molar-refractivity contribution < 1.29 is 0 Å². The van der Waals surface area contributed by atoms with Gasteiger partial charge in [0, 0.05) is 31.7 Å². The van der Waals surface area contributed by atoms with E-state index in [4.69, 9.17) is 4.99 Å². The maximum atomic E-state index is 4.71. The molecule has 0 saturated heterocycles. The molecule has 148 valence electrons. The van der Waals surface area contributed by atoms with Crippen molar-refractivity contribution >= 4 is 29.9 Å². The number of halogens is 1. The van der Waals surface area contributed by atoms with Gasteiger partial charge in [-0.3, -0.25) is 0 Å². The van der Waals surface area contributed by atoms with E-state index in [1.165, 1.54) is 11.1 Å². The molecule has 1 aromatic carbocycles. The van der Waals surface area contributed by atoms with Gasteiger partial charge >= 0.3 is 0 Å². The lowest BCUT2D eigenvalue weighted by molar-refractivity contribution is 0.806. The molecular formula is C21H27IN6. The minimum atomic E-state index is 0. The van der Waals surface area contributed by atoms with Crippen LogP contribution in [0.25, 0.3) is 5.82 Å². The zero-order chi connectivity index (χ0) is 18.9. The monoisotopic (exact) mass is 490 g/mol. The summed E-state index contributed by atoms with van der Waals surface area (Å²) in [6.07, 6.45) is 6.44. The second-order valence-corrected chi connectivity index (χ2v) is 6.14. The van der Waals surface area contributed by atoms with E-state index in [1.54, 1.807) is 17.1 Å². The van der Waals surface area contributed by atoms with Crippen LogP contribution in [-0.2, 0) is 19.5 Å². The SMILES string of the molecule is CCNC(=NCc1ccnc(-n2cccn2)c1)NCc1ccccc1CC.I. The Bertz CT molecular complexity index is 876. The molecule has 7 heteroatoms. The summed E-state index contributed by atoms with van der Waals surface area (Å²) in [6.45, 7) is 6.39. The fraction of sp³-hybridized carbons (Fsp3) is 0.286. The minimum absolute atomic E-state index is 0. The molecule has 0 fully saturated rings. The molecule has 2 N–H and O–H groups in total. The molecule has 0 bridgehead atoms. The second kappa shape index (κ2) is 11.4. The van der Waals surface area contributed by atoms with Crippen molar-refractivity contribution in [2.45, 2.75) is 33.4 Å². The Morgan fingerprint density at radius 1 is 1.04 bits per heavy atom. The third-order valence-corrected chi connectivity index (χ3v) is 4.26. The number of rotatable bonds is 7. The van der Waals surface area contributed by atoms with Gasteiger partial charge in [0.25, 0.3) is 0 Å². The third kappa shape index (κ3) is 6.05. The summed E-state index contributed by atoms with van der Waals surface area (Å²) < 4.78 is 1.75. The van der Waals surface area contributed by atoms with Gasteiger partial charge in [0.05, 0.1) is 6.54 Å². The van der Waals surface area contributed by atoms with Gasteiger partial charge in [-0.15, -0.1) is 24.0 Å². The Hall–Kier alpha value is -2.42. The van der Waals surface area contributed by atoms with E-state index in [-0.39, 0.29) is 24.0 Å². The van der Waals surface area contributed by atoms with Crippen molar-refractivity contribution in [2.24, 2.45) is 4.99 Å². The lowest BCUT2D eigenvalue weighted by Gasteiger charge is -2.13. The standard InChI is InChI=1S/C21H26N6.HI/c1-3-18-8-5-6-9-19(18)16-25-21(22-4-2)24-15-17-10-12-23-20(14-17)27-13-7-11-26-27;/h5-14H,3-4,15-16H2,1-2H3,(H2,22,24,25);1H. The van der Waals surface area contributed by atoms with Gasteiger partial charge in [-0.05, 0) is 48.2 Å². The van der Waals surface area contributed by atoms with E-state index in [0.717, 1.165) is 36.9 Å². The first-order valence-corrected chi connectivity index (χ1v) is 9.34. The van der Waals surface area contributed by atoms with Crippen LogP contribution in [0.1, 0.15) is 30.5 Å². The summed E-state index contributed by atoms with van der Waals surface area (Å²) in [5.74, 6) is 1.60. The van der Waals surface area contributed by atoms with Gasteiger partial charge in [-0.25, -0.2) is 14.7 Å². The second-order valence-electron chi connectivity index (χ2n) is 6.14. The van der Waals surface area contributed by atoms with Crippen molar-refractivity contribution in [3.8, 4) is 5.82 Å². The first-order valence-electron chi connectivity index (χ1n) is 9.34. The van der Waals surface area contributed by atoms with E-state index in [0.29, 0.717) is 6.54 Å². The zero-order valence-electron chi connectivity index (χ0n) is 16.3. The van der Waals surface area contributed by atoms with Gasteiger partial charge in [0.1, 0.15) is 0 Å². The number of benzene rings is 1. The number of nitrogens with zero attached hydrogens (tertiary/aromatic N) is 4. The molecule has 0 aliphatic carbocycles. The third-order valence-electron chi connectivity index (χ3n) is 4.26. The molecule has 0 unspecified atom stereocenters. The highest BCUT2D eigenvalue weighted by Gasteiger charge is 2.03. The molecule has 0 amide bonds. The zero-order valence-corrected chi connectivity index (χ0v) is 18.6. The Morgan fingerprint density at radius 2 is 1.86 bits per heavy atom. The van der Waals surface area contributed by atoms with Crippen molar-refractivity contribution in [3.05, 3.63) is 77.7 Å². The average Bonchev–Trinajstić information content (AvgIpc) is 3.25. The quantitative estimate of drug-likeness (QED) is 0.301. The van der Waals surface area contributed by atoms with Crippen molar-refractivity contribution in [1.29, 1.82) is 0 Å². The molecule has 6 nitrogen and oxygen atoms in total. The minimum Gasteiger partial charge on any atom is -0.357 e.